The number of benzene rings is 1. The van der Waals surface area contributed by atoms with Crippen molar-refractivity contribution in [1.82, 2.24) is 5.43 Å². The minimum absolute atomic E-state index is 0.254. The molecular weight excluding hydrogens is 291 g/mol. The Labute approximate surface area is 132 Å². The normalized spacial score (nSPS) is 23.6. The molecule has 1 aromatic rings. The van der Waals surface area contributed by atoms with Gasteiger partial charge < -0.3 is 0 Å². The third kappa shape index (κ3) is 3.67. The van der Waals surface area contributed by atoms with Gasteiger partial charge in [0.1, 0.15) is 0 Å². The number of nitrogens with one attached hydrogen (secondary N) is 1. The lowest BCUT2D eigenvalue weighted by Gasteiger charge is -2.43. The molecule has 1 aliphatic rings. The lowest BCUT2D eigenvalue weighted by atomic mass is 9.65. The van der Waals surface area contributed by atoms with Gasteiger partial charge in [0.05, 0.1) is 0 Å². The molecule has 2 unspecified atom stereocenters. The van der Waals surface area contributed by atoms with Crippen molar-refractivity contribution in [2.24, 2.45) is 17.2 Å². The smallest absolute Gasteiger partial charge is 0.0453 e. The van der Waals surface area contributed by atoms with E-state index in [-0.39, 0.29) is 6.04 Å². The number of hydrazine groups is 1. The maximum Gasteiger partial charge on any atom is 0.0453 e. The van der Waals surface area contributed by atoms with E-state index in [1.807, 2.05) is 12.1 Å². The van der Waals surface area contributed by atoms with Crippen LogP contribution in [0.4, 0.5) is 0 Å². The molecule has 2 atom stereocenters. The van der Waals surface area contributed by atoms with Gasteiger partial charge in [-0.25, -0.2) is 0 Å². The van der Waals surface area contributed by atoms with Crippen LogP contribution in [0, 0.1) is 11.3 Å². The third-order valence-electron chi connectivity index (χ3n) is 4.74. The highest BCUT2D eigenvalue weighted by molar-refractivity contribution is 6.35. The predicted octanol–water partition coefficient (Wildman–Crippen LogP) is 4.58. The molecule has 0 heterocycles. The molecule has 0 spiro atoms. The Morgan fingerprint density at radius 1 is 1.35 bits per heavy atom. The summed E-state index contributed by atoms with van der Waals surface area (Å²) in [5, 5.41) is 1.40. The van der Waals surface area contributed by atoms with Crippen LogP contribution in [0.25, 0.3) is 0 Å². The summed E-state index contributed by atoms with van der Waals surface area (Å²) in [5.74, 6) is 6.41. The summed E-state index contributed by atoms with van der Waals surface area (Å²) in [4.78, 5) is 0. The fraction of sp³-hybridized carbons (Fsp3) is 0.625. The largest absolute Gasteiger partial charge is 0.271 e. The van der Waals surface area contributed by atoms with E-state index in [0.29, 0.717) is 16.4 Å². The first-order chi connectivity index (χ1) is 9.44. The Balaban J connectivity index is 2.15. The van der Waals surface area contributed by atoms with E-state index >= 15 is 0 Å². The Hall–Kier alpha value is -0.280. The Kier molecular flexibility index (Phi) is 5.36. The van der Waals surface area contributed by atoms with E-state index in [9.17, 15) is 0 Å². The SMILES string of the molecule is CC1(C)CCCCC1C(Cc1ccc(Cl)cc1Cl)NN. The molecule has 0 bridgehead atoms. The van der Waals surface area contributed by atoms with Crippen molar-refractivity contribution in [3.05, 3.63) is 33.8 Å². The zero-order valence-corrected chi connectivity index (χ0v) is 13.8. The molecule has 0 radical (unpaired) electrons. The first-order valence-corrected chi connectivity index (χ1v) is 8.09. The van der Waals surface area contributed by atoms with Crippen molar-refractivity contribution in [3.8, 4) is 0 Å². The molecule has 3 N–H and O–H groups in total. The number of halogens is 2. The predicted molar refractivity (Wildman–Crippen MR) is 87.0 cm³/mol. The van der Waals surface area contributed by atoms with Crippen molar-refractivity contribution in [3.63, 3.8) is 0 Å². The van der Waals surface area contributed by atoms with Gasteiger partial charge in [-0.1, -0.05) is 56.0 Å². The lowest BCUT2D eigenvalue weighted by molar-refractivity contribution is 0.0982. The van der Waals surface area contributed by atoms with Crippen LogP contribution in [0.1, 0.15) is 45.1 Å². The second-order valence-electron chi connectivity index (χ2n) is 6.55. The fourth-order valence-electron chi connectivity index (χ4n) is 3.51. The summed E-state index contributed by atoms with van der Waals surface area (Å²) in [6.07, 6.45) is 5.96. The quantitative estimate of drug-likeness (QED) is 0.630. The highest BCUT2D eigenvalue weighted by Crippen LogP contribution is 2.43. The topological polar surface area (TPSA) is 38.0 Å². The molecule has 1 aromatic carbocycles. The zero-order valence-electron chi connectivity index (χ0n) is 12.3. The van der Waals surface area contributed by atoms with Crippen LogP contribution in [-0.4, -0.2) is 6.04 Å². The molecule has 0 saturated heterocycles. The molecule has 0 aliphatic heterocycles. The summed E-state index contributed by atoms with van der Waals surface area (Å²) in [6.45, 7) is 4.70. The summed E-state index contributed by atoms with van der Waals surface area (Å²) >= 11 is 12.2. The first kappa shape index (κ1) is 16.1. The molecule has 2 rings (SSSR count). The summed E-state index contributed by atoms with van der Waals surface area (Å²) in [7, 11) is 0. The van der Waals surface area contributed by atoms with E-state index in [1.165, 1.54) is 25.7 Å². The molecular formula is C16H24Cl2N2. The Morgan fingerprint density at radius 2 is 2.10 bits per heavy atom. The van der Waals surface area contributed by atoms with Gasteiger partial charge in [-0.3, -0.25) is 11.3 Å². The highest BCUT2D eigenvalue weighted by Gasteiger charge is 2.37. The molecule has 2 nitrogen and oxygen atoms in total. The van der Waals surface area contributed by atoms with Gasteiger partial charge in [-0.2, -0.15) is 0 Å². The molecule has 1 saturated carbocycles. The van der Waals surface area contributed by atoms with Crippen LogP contribution in [-0.2, 0) is 6.42 Å². The molecule has 1 fully saturated rings. The zero-order chi connectivity index (χ0) is 14.8. The Morgan fingerprint density at radius 3 is 2.70 bits per heavy atom. The molecule has 0 amide bonds. The van der Waals surface area contributed by atoms with Crippen LogP contribution in [0.5, 0.6) is 0 Å². The first-order valence-electron chi connectivity index (χ1n) is 7.34. The van der Waals surface area contributed by atoms with Gasteiger partial charge in [-0.15, -0.1) is 0 Å². The number of rotatable bonds is 4. The van der Waals surface area contributed by atoms with E-state index in [2.05, 4.69) is 19.3 Å². The summed E-state index contributed by atoms with van der Waals surface area (Å²) < 4.78 is 0. The third-order valence-corrected chi connectivity index (χ3v) is 5.33. The van der Waals surface area contributed by atoms with E-state index in [4.69, 9.17) is 29.0 Å². The Bertz CT molecular complexity index is 460. The van der Waals surface area contributed by atoms with Gasteiger partial charge in [0.15, 0.2) is 0 Å². The average molecular weight is 315 g/mol. The minimum Gasteiger partial charge on any atom is -0.271 e. The van der Waals surface area contributed by atoms with Gasteiger partial charge in [0, 0.05) is 16.1 Å². The summed E-state index contributed by atoms with van der Waals surface area (Å²) in [6, 6.07) is 5.95. The molecule has 20 heavy (non-hydrogen) atoms. The number of hydrogen-bond acceptors (Lipinski definition) is 2. The number of hydrogen-bond donors (Lipinski definition) is 2. The lowest BCUT2D eigenvalue weighted by Crippen LogP contribution is -2.48. The van der Waals surface area contributed by atoms with Crippen LogP contribution >= 0.6 is 23.2 Å². The fourth-order valence-corrected chi connectivity index (χ4v) is 3.99. The molecule has 4 heteroatoms. The number of nitrogens with two attached hydrogens (primary N) is 1. The van der Waals surface area contributed by atoms with Crippen molar-refractivity contribution < 1.29 is 0 Å². The van der Waals surface area contributed by atoms with Gasteiger partial charge in [0.25, 0.3) is 0 Å². The maximum atomic E-state index is 6.29. The second kappa shape index (κ2) is 6.65. The molecule has 1 aliphatic carbocycles. The summed E-state index contributed by atoms with van der Waals surface area (Å²) in [5.41, 5.74) is 4.47. The minimum atomic E-state index is 0.254. The van der Waals surface area contributed by atoms with Crippen LogP contribution in [0.2, 0.25) is 10.0 Å². The standard InChI is InChI=1S/C16H24Cl2N2/c1-16(2)8-4-3-5-13(16)15(20-19)9-11-6-7-12(17)10-14(11)18/h6-7,10,13,15,20H,3-5,8-9,19H2,1-2H3. The average Bonchev–Trinajstić information content (AvgIpc) is 2.38. The van der Waals surface area contributed by atoms with E-state index in [1.54, 1.807) is 6.07 Å². The van der Waals surface area contributed by atoms with E-state index in [0.717, 1.165) is 17.0 Å². The van der Waals surface area contributed by atoms with Crippen LogP contribution in [0.3, 0.4) is 0 Å². The van der Waals surface area contributed by atoms with Gasteiger partial charge in [-0.05, 0) is 48.3 Å². The molecule has 112 valence electrons. The van der Waals surface area contributed by atoms with Crippen LogP contribution < -0.4 is 11.3 Å². The molecule has 0 aromatic heterocycles. The van der Waals surface area contributed by atoms with Crippen molar-refractivity contribution in [2.75, 3.05) is 0 Å². The highest BCUT2D eigenvalue weighted by atomic mass is 35.5. The van der Waals surface area contributed by atoms with Gasteiger partial charge >= 0.3 is 0 Å². The van der Waals surface area contributed by atoms with Crippen molar-refractivity contribution in [1.29, 1.82) is 0 Å². The van der Waals surface area contributed by atoms with E-state index < -0.39 is 0 Å². The second-order valence-corrected chi connectivity index (χ2v) is 7.40. The van der Waals surface area contributed by atoms with Gasteiger partial charge in [0.2, 0.25) is 0 Å². The monoisotopic (exact) mass is 314 g/mol. The maximum absolute atomic E-state index is 6.29. The van der Waals surface area contributed by atoms with Crippen LogP contribution in [0.15, 0.2) is 18.2 Å². The van der Waals surface area contributed by atoms with Crippen molar-refractivity contribution >= 4 is 23.2 Å². The van der Waals surface area contributed by atoms with Crippen molar-refractivity contribution in [2.45, 2.75) is 52.0 Å².